The SMILES string of the molecule is COc1cccc(N2CCC(N[C@@H]3CC=CC[C@H]3C(N)=O)CC2)c1. The Hall–Kier alpha value is -2.01. The van der Waals surface area contributed by atoms with Gasteiger partial charge in [0.1, 0.15) is 5.75 Å². The predicted octanol–water partition coefficient (Wildman–Crippen LogP) is 2.07. The molecule has 1 aromatic rings. The molecule has 1 saturated heterocycles. The van der Waals surface area contributed by atoms with Crippen LogP contribution in [0.1, 0.15) is 25.7 Å². The van der Waals surface area contributed by atoms with Gasteiger partial charge in [0, 0.05) is 36.9 Å². The molecule has 1 fully saturated rings. The maximum absolute atomic E-state index is 11.6. The summed E-state index contributed by atoms with van der Waals surface area (Å²) in [4.78, 5) is 14.0. The molecule has 3 rings (SSSR count). The summed E-state index contributed by atoms with van der Waals surface area (Å²) < 4.78 is 5.31. The van der Waals surface area contributed by atoms with E-state index in [2.05, 4.69) is 34.5 Å². The minimum absolute atomic E-state index is 0.0774. The zero-order chi connectivity index (χ0) is 16.9. The van der Waals surface area contributed by atoms with E-state index in [4.69, 9.17) is 10.5 Å². The molecule has 0 saturated carbocycles. The van der Waals surface area contributed by atoms with Gasteiger partial charge in [-0.05, 0) is 37.8 Å². The number of ether oxygens (including phenoxy) is 1. The fourth-order valence-electron chi connectivity index (χ4n) is 3.73. The third-order valence-electron chi connectivity index (χ3n) is 5.16. The second-order valence-corrected chi connectivity index (χ2v) is 6.69. The average Bonchev–Trinajstić information content (AvgIpc) is 2.62. The summed E-state index contributed by atoms with van der Waals surface area (Å²) in [6, 6.07) is 8.85. The van der Waals surface area contributed by atoms with Gasteiger partial charge in [0.25, 0.3) is 0 Å². The van der Waals surface area contributed by atoms with Crippen molar-refractivity contribution in [2.45, 2.75) is 37.8 Å². The number of rotatable bonds is 5. The molecule has 130 valence electrons. The molecule has 5 nitrogen and oxygen atoms in total. The number of piperidine rings is 1. The van der Waals surface area contributed by atoms with Gasteiger partial charge in [0.15, 0.2) is 0 Å². The van der Waals surface area contributed by atoms with Gasteiger partial charge in [-0.2, -0.15) is 0 Å². The number of primary amides is 1. The monoisotopic (exact) mass is 329 g/mol. The van der Waals surface area contributed by atoms with E-state index in [1.54, 1.807) is 7.11 Å². The van der Waals surface area contributed by atoms with E-state index < -0.39 is 0 Å². The molecular formula is C19H27N3O2. The van der Waals surface area contributed by atoms with Gasteiger partial charge in [-0.15, -0.1) is 0 Å². The van der Waals surface area contributed by atoms with Crippen molar-refractivity contribution in [3.63, 3.8) is 0 Å². The van der Waals surface area contributed by atoms with E-state index in [9.17, 15) is 4.79 Å². The van der Waals surface area contributed by atoms with Crippen LogP contribution in [0.3, 0.4) is 0 Å². The highest BCUT2D eigenvalue weighted by molar-refractivity contribution is 5.77. The normalized spacial score (nSPS) is 24.8. The zero-order valence-electron chi connectivity index (χ0n) is 14.3. The first-order valence-electron chi connectivity index (χ1n) is 8.76. The second kappa shape index (κ2) is 7.71. The molecule has 24 heavy (non-hydrogen) atoms. The van der Waals surface area contributed by atoms with Crippen LogP contribution in [-0.4, -0.2) is 38.2 Å². The minimum Gasteiger partial charge on any atom is -0.497 e. The molecule has 1 heterocycles. The van der Waals surface area contributed by atoms with Crippen LogP contribution < -0.4 is 20.7 Å². The molecule has 0 radical (unpaired) electrons. The predicted molar refractivity (Wildman–Crippen MR) is 96.2 cm³/mol. The number of allylic oxidation sites excluding steroid dienone is 1. The number of carbonyl (C=O) groups is 1. The van der Waals surface area contributed by atoms with Crippen LogP contribution in [-0.2, 0) is 4.79 Å². The molecule has 0 unspecified atom stereocenters. The summed E-state index contributed by atoms with van der Waals surface area (Å²) in [6.07, 6.45) is 8.02. The third-order valence-corrected chi connectivity index (χ3v) is 5.16. The smallest absolute Gasteiger partial charge is 0.222 e. The topological polar surface area (TPSA) is 67.6 Å². The fourth-order valence-corrected chi connectivity index (χ4v) is 3.73. The van der Waals surface area contributed by atoms with Crippen LogP contribution in [0.15, 0.2) is 36.4 Å². The van der Waals surface area contributed by atoms with E-state index >= 15 is 0 Å². The number of carbonyl (C=O) groups excluding carboxylic acids is 1. The van der Waals surface area contributed by atoms with Gasteiger partial charge in [-0.1, -0.05) is 18.2 Å². The van der Waals surface area contributed by atoms with Crippen molar-refractivity contribution in [1.82, 2.24) is 5.32 Å². The highest BCUT2D eigenvalue weighted by atomic mass is 16.5. The largest absolute Gasteiger partial charge is 0.497 e. The lowest BCUT2D eigenvalue weighted by Crippen LogP contribution is -2.51. The van der Waals surface area contributed by atoms with Gasteiger partial charge in [0.2, 0.25) is 5.91 Å². The molecule has 1 aliphatic heterocycles. The fraction of sp³-hybridized carbons (Fsp3) is 0.526. The van der Waals surface area contributed by atoms with Crippen molar-refractivity contribution in [2.24, 2.45) is 11.7 Å². The van der Waals surface area contributed by atoms with E-state index in [0.717, 1.165) is 44.5 Å². The quantitative estimate of drug-likeness (QED) is 0.812. The summed E-state index contributed by atoms with van der Waals surface area (Å²) in [5.74, 6) is 0.628. The van der Waals surface area contributed by atoms with Crippen LogP contribution in [0.5, 0.6) is 5.75 Å². The number of nitrogens with one attached hydrogen (secondary N) is 1. The summed E-state index contributed by atoms with van der Waals surface area (Å²) in [5, 5.41) is 3.68. The number of hydrogen-bond donors (Lipinski definition) is 2. The van der Waals surface area contributed by atoms with Crippen molar-refractivity contribution in [3.05, 3.63) is 36.4 Å². The van der Waals surface area contributed by atoms with Crippen molar-refractivity contribution in [1.29, 1.82) is 0 Å². The molecule has 0 bridgehead atoms. The highest BCUT2D eigenvalue weighted by Crippen LogP contribution is 2.26. The van der Waals surface area contributed by atoms with E-state index in [-0.39, 0.29) is 17.9 Å². The van der Waals surface area contributed by atoms with Crippen LogP contribution in [0.2, 0.25) is 0 Å². The molecule has 1 aliphatic carbocycles. The average molecular weight is 329 g/mol. The van der Waals surface area contributed by atoms with Gasteiger partial charge in [-0.3, -0.25) is 4.79 Å². The van der Waals surface area contributed by atoms with Gasteiger partial charge < -0.3 is 20.7 Å². The Morgan fingerprint density at radius 3 is 2.71 bits per heavy atom. The molecule has 3 N–H and O–H groups in total. The summed E-state index contributed by atoms with van der Waals surface area (Å²) in [6.45, 7) is 2.02. The van der Waals surface area contributed by atoms with Crippen LogP contribution in [0, 0.1) is 5.92 Å². The molecule has 0 spiro atoms. The van der Waals surface area contributed by atoms with Crippen molar-refractivity contribution in [2.75, 3.05) is 25.1 Å². The molecule has 2 atom stereocenters. The minimum atomic E-state index is -0.189. The molecule has 1 amide bonds. The first-order valence-corrected chi connectivity index (χ1v) is 8.76. The molecule has 0 aromatic heterocycles. The maximum atomic E-state index is 11.6. The standard InChI is InChI=1S/C19H27N3O2/c1-24-16-6-4-5-15(13-16)22-11-9-14(10-12-22)21-18-8-3-2-7-17(18)19(20)23/h2-6,13-14,17-18,21H,7-12H2,1H3,(H2,20,23)/t17-,18-/m1/s1. The summed E-state index contributed by atoms with van der Waals surface area (Å²) in [5.41, 5.74) is 6.77. The highest BCUT2D eigenvalue weighted by Gasteiger charge is 2.30. The maximum Gasteiger partial charge on any atom is 0.222 e. The Balaban J connectivity index is 1.55. The number of nitrogens with zero attached hydrogens (tertiary/aromatic N) is 1. The number of hydrogen-bond acceptors (Lipinski definition) is 4. The van der Waals surface area contributed by atoms with Crippen LogP contribution in [0.4, 0.5) is 5.69 Å². The van der Waals surface area contributed by atoms with Crippen molar-refractivity contribution in [3.8, 4) is 5.75 Å². The number of nitrogens with two attached hydrogens (primary N) is 1. The number of amides is 1. The third kappa shape index (κ3) is 3.90. The summed E-state index contributed by atoms with van der Waals surface area (Å²) in [7, 11) is 1.70. The van der Waals surface area contributed by atoms with E-state index in [1.165, 1.54) is 5.69 Å². The van der Waals surface area contributed by atoms with E-state index in [0.29, 0.717) is 6.04 Å². The first-order chi connectivity index (χ1) is 11.7. The Kier molecular flexibility index (Phi) is 5.41. The van der Waals surface area contributed by atoms with Gasteiger partial charge in [-0.25, -0.2) is 0 Å². The lowest BCUT2D eigenvalue weighted by Gasteiger charge is -2.37. The van der Waals surface area contributed by atoms with Gasteiger partial charge in [0.05, 0.1) is 13.0 Å². The second-order valence-electron chi connectivity index (χ2n) is 6.69. The zero-order valence-corrected chi connectivity index (χ0v) is 14.3. The molecule has 5 heteroatoms. The van der Waals surface area contributed by atoms with Crippen LogP contribution in [0.25, 0.3) is 0 Å². The first kappa shape index (κ1) is 16.8. The lowest BCUT2D eigenvalue weighted by atomic mass is 9.87. The Morgan fingerprint density at radius 1 is 1.25 bits per heavy atom. The number of methoxy groups -OCH3 is 1. The Morgan fingerprint density at radius 2 is 2.00 bits per heavy atom. The molecular weight excluding hydrogens is 302 g/mol. The Labute approximate surface area is 143 Å². The van der Waals surface area contributed by atoms with Crippen molar-refractivity contribution < 1.29 is 9.53 Å². The number of benzene rings is 1. The molecule has 2 aliphatic rings. The Bertz CT molecular complexity index is 594. The number of anilines is 1. The van der Waals surface area contributed by atoms with Crippen molar-refractivity contribution >= 4 is 11.6 Å². The van der Waals surface area contributed by atoms with Gasteiger partial charge >= 0.3 is 0 Å². The van der Waals surface area contributed by atoms with E-state index in [1.807, 2.05) is 12.1 Å². The lowest BCUT2D eigenvalue weighted by molar-refractivity contribution is -0.122. The van der Waals surface area contributed by atoms with Crippen LogP contribution >= 0.6 is 0 Å². The summed E-state index contributed by atoms with van der Waals surface area (Å²) >= 11 is 0. The molecule has 1 aromatic carbocycles.